The van der Waals surface area contributed by atoms with E-state index in [0.717, 1.165) is 22.8 Å². The van der Waals surface area contributed by atoms with Gasteiger partial charge in [0.1, 0.15) is 11.3 Å². The Labute approximate surface area is 112 Å². The fraction of sp³-hybridized carbons (Fsp3) is 0.462. The molecule has 0 aliphatic rings. The highest BCUT2D eigenvalue weighted by atomic mass is 32.2. The van der Waals surface area contributed by atoms with Gasteiger partial charge < -0.3 is 15.6 Å². The summed E-state index contributed by atoms with van der Waals surface area (Å²) in [6.07, 6.45) is 1.21. The highest BCUT2D eigenvalue weighted by Crippen LogP contribution is 2.29. The van der Waals surface area contributed by atoms with Crippen molar-refractivity contribution in [2.75, 3.05) is 12.9 Å². The van der Waals surface area contributed by atoms with Crippen molar-refractivity contribution in [2.24, 2.45) is 5.73 Å². The molecule has 4 nitrogen and oxygen atoms in total. The van der Waals surface area contributed by atoms with Gasteiger partial charge in [0.05, 0.1) is 7.11 Å². The largest absolute Gasteiger partial charge is 0.496 e. The Morgan fingerprint density at radius 2 is 2.17 bits per heavy atom. The summed E-state index contributed by atoms with van der Waals surface area (Å²) in [7, 11) is 1.64. The number of ether oxygens (including phenoxy) is 1. The van der Waals surface area contributed by atoms with Gasteiger partial charge in [-0.2, -0.15) is 0 Å². The number of hydrogen-bond acceptors (Lipinski definition) is 4. The Hall–Kier alpha value is -1.20. The molecule has 100 valence electrons. The first-order chi connectivity index (χ1) is 8.47. The Morgan fingerprint density at radius 1 is 1.50 bits per heavy atom. The van der Waals surface area contributed by atoms with E-state index in [4.69, 9.17) is 15.6 Å². The van der Waals surface area contributed by atoms with Gasteiger partial charge in [-0.25, -0.2) is 0 Å². The molecule has 0 spiro atoms. The van der Waals surface area contributed by atoms with Crippen molar-refractivity contribution in [3.8, 4) is 5.75 Å². The molecule has 1 aromatic carbocycles. The van der Waals surface area contributed by atoms with E-state index in [-0.39, 0.29) is 0 Å². The smallest absolute Gasteiger partial charge is 0.323 e. The van der Waals surface area contributed by atoms with Crippen LogP contribution in [0.25, 0.3) is 0 Å². The maximum atomic E-state index is 10.8. The molecule has 1 rings (SSSR count). The normalized spacial score (nSPS) is 13.9. The summed E-state index contributed by atoms with van der Waals surface area (Å²) in [6, 6.07) is 7.77. The van der Waals surface area contributed by atoms with Gasteiger partial charge in [0.15, 0.2) is 0 Å². The van der Waals surface area contributed by atoms with E-state index in [0.29, 0.717) is 6.42 Å². The number of benzene rings is 1. The third-order valence-corrected chi connectivity index (χ3v) is 3.80. The number of aliphatic carboxylic acids is 1. The molecule has 0 fully saturated rings. The molecule has 0 saturated heterocycles. The van der Waals surface area contributed by atoms with Gasteiger partial charge in [-0.05, 0) is 37.7 Å². The zero-order valence-electron chi connectivity index (χ0n) is 10.7. The average Bonchev–Trinajstić information content (AvgIpc) is 2.35. The molecule has 0 radical (unpaired) electrons. The number of carboxylic acid groups (broad SMARTS) is 1. The van der Waals surface area contributed by atoms with Crippen molar-refractivity contribution in [3.63, 3.8) is 0 Å². The van der Waals surface area contributed by atoms with E-state index in [2.05, 4.69) is 0 Å². The van der Waals surface area contributed by atoms with Crippen LogP contribution in [0, 0.1) is 0 Å². The zero-order valence-corrected chi connectivity index (χ0v) is 11.5. The number of carboxylic acids is 1. The maximum absolute atomic E-state index is 10.8. The number of carbonyl (C=O) groups is 1. The van der Waals surface area contributed by atoms with Crippen LogP contribution in [0.2, 0.25) is 0 Å². The Bertz CT molecular complexity index is 407. The summed E-state index contributed by atoms with van der Waals surface area (Å²) < 4.78 is 5.24. The Balaban J connectivity index is 2.41. The van der Waals surface area contributed by atoms with Crippen molar-refractivity contribution in [1.82, 2.24) is 0 Å². The summed E-state index contributed by atoms with van der Waals surface area (Å²) in [5.74, 6) is 0.710. The van der Waals surface area contributed by atoms with Gasteiger partial charge in [0.2, 0.25) is 0 Å². The van der Waals surface area contributed by atoms with Crippen molar-refractivity contribution < 1.29 is 14.6 Å². The van der Waals surface area contributed by atoms with E-state index in [1.54, 1.807) is 25.8 Å². The lowest BCUT2D eigenvalue weighted by atomic mass is 9.98. The standard InChI is InChI=1S/C13H19NO3S/c1-13(14,12(15)16)8-5-9-18-11-7-4-3-6-10(11)17-2/h3-4,6-7H,5,8-9,14H2,1-2H3,(H,15,16). The van der Waals surface area contributed by atoms with Crippen LogP contribution in [0.1, 0.15) is 19.8 Å². The topological polar surface area (TPSA) is 72.5 Å². The maximum Gasteiger partial charge on any atom is 0.323 e. The second-order valence-corrected chi connectivity index (χ2v) is 5.46. The number of hydrogen-bond donors (Lipinski definition) is 2. The summed E-state index contributed by atoms with van der Waals surface area (Å²) in [5.41, 5.74) is 4.52. The fourth-order valence-electron chi connectivity index (χ4n) is 1.47. The molecule has 0 aliphatic heterocycles. The summed E-state index contributed by atoms with van der Waals surface area (Å²) in [5, 5.41) is 8.89. The predicted octanol–water partition coefficient (Wildman–Crippen LogP) is 2.37. The minimum absolute atomic E-state index is 0.463. The average molecular weight is 269 g/mol. The van der Waals surface area contributed by atoms with Crippen LogP contribution in [-0.2, 0) is 4.79 Å². The number of methoxy groups -OCH3 is 1. The molecule has 0 heterocycles. The number of rotatable bonds is 7. The molecule has 0 saturated carbocycles. The molecule has 5 heteroatoms. The molecular weight excluding hydrogens is 250 g/mol. The Morgan fingerprint density at radius 3 is 2.78 bits per heavy atom. The summed E-state index contributed by atoms with van der Waals surface area (Å²) in [4.78, 5) is 11.9. The molecule has 0 bridgehead atoms. The van der Waals surface area contributed by atoms with Crippen LogP contribution in [0.15, 0.2) is 29.2 Å². The first-order valence-electron chi connectivity index (χ1n) is 5.75. The number of thioether (sulfide) groups is 1. The van der Waals surface area contributed by atoms with Crippen LogP contribution in [0.4, 0.5) is 0 Å². The van der Waals surface area contributed by atoms with Gasteiger partial charge >= 0.3 is 5.97 Å². The van der Waals surface area contributed by atoms with Gasteiger partial charge in [-0.3, -0.25) is 4.79 Å². The van der Waals surface area contributed by atoms with E-state index < -0.39 is 11.5 Å². The van der Waals surface area contributed by atoms with E-state index in [1.807, 2.05) is 24.3 Å². The van der Waals surface area contributed by atoms with Crippen molar-refractivity contribution in [1.29, 1.82) is 0 Å². The monoisotopic (exact) mass is 269 g/mol. The molecule has 18 heavy (non-hydrogen) atoms. The van der Waals surface area contributed by atoms with Gasteiger partial charge in [0, 0.05) is 4.90 Å². The van der Waals surface area contributed by atoms with Crippen molar-refractivity contribution in [2.45, 2.75) is 30.2 Å². The summed E-state index contributed by atoms with van der Waals surface area (Å²) >= 11 is 1.65. The summed E-state index contributed by atoms with van der Waals surface area (Å²) in [6.45, 7) is 1.54. The molecule has 0 aliphatic carbocycles. The molecule has 1 unspecified atom stereocenters. The van der Waals surface area contributed by atoms with Gasteiger partial charge in [0.25, 0.3) is 0 Å². The minimum Gasteiger partial charge on any atom is -0.496 e. The van der Waals surface area contributed by atoms with Crippen LogP contribution >= 0.6 is 11.8 Å². The fourth-order valence-corrected chi connectivity index (χ4v) is 2.44. The molecule has 1 aromatic rings. The first kappa shape index (κ1) is 14.9. The first-order valence-corrected chi connectivity index (χ1v) is 6.74. The van der Waals surface area contributed by atoms with Crippen LogP contribution < -0.4 is 10.5 Å². The van der Waals surface area contributed by atoms with E-state index in [1.165, 1.54) is 0 Å². The lowest BCUT2D eigenvalue weighted by Crippen LogP contribution is -2.44. The third-order valence-electron chi connectivity index (χ3n) is 2.66. The molecule has 0 aromatic heterocycles. The Kier molecular flexibility index (Phi) is 5.50. The second-order valence-electron chi connectivity index (χ2n) is 4.33. The second kappa shape index (κ2) is 6.66. The quantitative estimate of drug-likeness (QED) is 0.587. The van der Waals surface area contributed by atoms with Crippen LogP contribution in [0.5, 0.6) is 5.75 Å². The molecule has 0 amide bonds. The molecule has 3 N–H and O–H groups in total. The van der Waals surface area contributed by atoms with Crippen molar-refractivity contribution in [3.05, 3.63) is 24.3 Å². The highest BCUT2D eigenvalue weighted by Gasteiger charge is 2.26. The predicted molar refractivity (Wildman–Crippen MR) is 73.2 cm³/mol. The molecular formula is C13H19NO3S. The minimum atomic E-state index is -1.14. The highest BCUT2D eigenvalue weighted by molar-refractivity contribution is 7.99. The van der Waals surface area contributed by atoms with Crippen LogP contribution in [-0.4, -0.2) is 29.5 Å². The lowest BCUT2D eigenvalue weighted by Gasteiger charge is -2.18. The van der Waals surface area contributed by atoms with Gasteiger partial charge in [-0.15, -0.1) is 11.8 Å². The SMILES string of the molecule is COc1ccccc1SCCCC(C)(N)C(=O)O. The third kappa shape index (κ3) is 4.23. The van der Waals surface area contributed by atoms with Crippen molar-refractivity contribution >= 4 is 17.7 Å². The van der Waals surface area contributed by atoms with E-state index >= 15 is 0 Å². The number of para-hydroxylation sites is 1. The molecule has 1 atom stereocenters. The number of nitrogens with two attached hydrogens (primary N) is 1. The van der Waals surface area contributed by atoms with E-state index in [9.17, 15) is 4.79 Å². The van der Waals surface area contributed by atoms with Crippen LogP contribution in [0.3, 0.4) is 0 Å². The lowest BCUT2D eigenvalue weighted by molar-refractivity contribution is -0.142. The zero-order chi connectivity index (χ0) is 13.6. The van der Waals surface area contributed by atoms with Gasteiger partial charge in [-0.1, -0.05) is 12.1 Å².